The van der Waals surface area contributed by atoms with Gasteiger partial charge in [0, 0.05) is 15.6 Å². The fourth-order valence-electron chi connectivity index (χ4n) is 3.05. The second kappa shape index (κ2) is 9.47. The van der Waals surface area contributed by atoms with E-state index in [1.807, 2.05) is 54.6 Å². The van der Waals surface area contributed by atoms with Crippen LogP contribution in [0.25, 0.3) is 6.08 Å². The number of quaternary nitrogens is 1. The summed E-state index contributed by atoms with van der Waals surface area (Å²) < 4.78 is 27.4. The Morgan fingerprint density at radius 1 is 1.11 bits per heavy atom. The maximum atomic E-state index is 12.5. The van der Waals surface area contributed by atoms with Crippen LogP contribution in [0.2, 0.25) is 0 Å². The van der Waals surface area contributed by atoms with Crippen molar-refractivity contribution in [3.63, 3.8) is 0 Å². The second-order valence-electron chi connectivity index (χ2n) is 6.64. The van der Waals surface area contributed by atoms with Crippen LogP contribution in [0.5, 0.6) is 0 Å². The van der Waals surface area contributed by atoms with Crippen molar-refractivity contribution >= 4 is 43.6 Å². The number of nitrogens with zero attached hydrogens (tertiary/aromatic N) is 1. The molecule has 0 aromatic heterocycles. The van der Waals surface area contributed by atoms with Crippen LogP contribution in [-0.2, 0) is 14.8 Å². The van der Waals surface area contributed by atoms with E-state index >= 15 is 0 Å². The minimum Gasteiger partial charge on any atom is -0.325 e. The van der Waals surface area contributed by atoms with Gasteiger partial charge in [0.25, 0.3) is 5.91 Å². The molecular weight excluding hydrogens is 442 g/mol. The zero-order chi connectivity index (χ0) is 20.0. The van der Waals surface area contributed by atoms with Crippen LogP contribution in [0, 0.1) is 0 Å². The minimum absolute atomic E-state index is 0.0756. The van der Waals surface area contributed by atoms with Crippen LogP contribution in [0.1, 0.15) is 5.56 Å². The van der Waals surface area contributed by atoms with Crippen molar-refractivity contribution in [2.45, 2.75) is 0 Å². The number of hydrogen-bond acceptors (Lipinski definition) is 3. The number of halogens is 1. The fraction of sp³-hybridized carbons (Fsp3) is 0.250. The summed E-state index contributed by atoms with van der Waals surface area (Å²) in [5.41, 5.74) is 1.59. The van der Waals surface area contributed by atoms with Crippen molar-refractivity contribution in [3.05, 3.63) is 70.0 Å². The van der Waals surface area contributed by atoms with Gasteiger partial charge in [-0.2, -0.15) is 4.31 Å². The summed E-state index contributed by atoms with van der Waals surface area (Å²) in [4.78, 5) is 13.3. The Bertz CT molecular complexity index is 940. The summed E-state index contributed by atoms with van der Waals surface area (Å²) in [6, 6.07) is 16.8. The molecule has 1 saturated heterocycles. The molecule has 0 unspecified atom stereocenters. The first-order valence-corrected chi connectivity index (χ1v) is 11.3. The molecular formula is C20H23BrN3O3S+. The number of carbonyl (C=O) groups excluding carboxylic acids is 1. The van der Waals surface area contributed by atoms with E-state index in [-0.39, 0.29) is 5.91 Å². The highest BCUT2D eigenvalue weighted by Crippen LogP contribution is 2.15. The first-order chi connectivity index (χ1) is 13.4. The summed E-state index contributed by atoms with van der Waals surface area (Å²) >= 11 is 3.38. The van der Waals surface area contributed by atoms with Gasteiger partial charge in [-0.25, -0.2) is 8.42 Å². The van der Waals surface area contributed by atoms with Gasteiger partial charge in [0.05, 0.1) is 26.2 Å². The summed E-state index contributed by atoms with van der Waals surface area (Å²) in [6.45, 7) is 2.33. The second-order valence-corrected chi connectivity index (χ2v) is 9.38. The van der Waals surface area contributed by atoms with E-state index in [2.05, 4.69) is 21.2 Å². The lowest BCUT2D eigenvalue weighted by Gasteiger charge is -2.30. The van der Waals surface area contributed by atoms with E-state index in [9.17, 15) is 13.2 Å². The van der Waals surface area contributed by atoms with Crippen molar-refractivity contribution in [2.24, 2.45) is 0 Å². The van der Waals surface area contributed by atoms with E-state index in [1.165, 1.54) is 9.71 Å². The predicted octanol–water partition coefficient (Wildman–Crippen LogP) is 1.59. The van der Waals surface area contributed by atoms with Crippen molar-refractivity contribution in [1.29, 1.82) is 0 Å². The van der Waals surface area contributed by atoms with Gasteiger partial charge in [-0.1, -0.05) is 52.3 Å². The molecule has 148 valence electrons. The lowest BCUT2D eigenvalue weighted by atomic mass is 10.2. The zero-order valence-electron chi connectivity index (χ0n) is 15.3. The summed E-state index contributed by atoms with van der Waals surface area (Å²) in [7, 11) is -3.45. The Balaban J connectivity index is 1.49. The molecule has 1 aliphatic rings. The van der Waals surface area contributed by atoms with Crippen molar-refractivity contribution in [1.82, 2.24) is 4.31 Å². The SMILES string of the molecule is O=C(C[NH+]1CCN(S(=O)(=O)/C=C/c2ccccc2)CC1)Nc1cccc(Br)c1. The van der Waals surface area contributed by atoms with Gasteiger partial charge in [0.2, 0.25) is 10.0 Å². The van der Waals surface area contributed by atoms with Gasteiger partial charge < -0.3 is 10.2 Å². The number of rotatable bonds is 6. The Hall–Kier alpha value is -2.00. The van der Waals surface area contributed by atoms with E-state index in [0.717, 1.165) is 20.6 Å². The molecule has 2 aromatic carbocycles. The monoisotopic (exact) mass is 464 g/mol. The number of anilines is 1. The fourth-order valence-corrected chi connectivity index (χ4v) is 4.64. The summed E-state index contributed by atoms with van der Waals surface area (Å²) in [5.74, 6) is -0.0756. The van der Waals surface area contributed by atoms with Gasteiger partial charge in [0.15, 0.2) is 6.54 Å². The lowest BCUT2D eigenvalue weighted by molar-refractivity contribution is -0.895. The first kappa shape index (κ1) is 20.7. The van der Waals surface area contributed by atoms with Gasteiger partial charge >= 0.3 is 0 Å². The number of carbonyl (C=O) groups is 1. The van der Waals surface area contributed by atoms with E-state index in [0.29, 0.717) is 32.7 Å². The van der Waals surface area contributed by atoms with Gasteiger partial charge in [0.1, 0.15) is 0 Å². The number of amides is 1. The van der Waals surface area contributed by atoms with Crippen LogP contribution in [0.15, 0.2) is 64.5 Å². The van der Waals surface area contributed by atoms with E-state index in [1.54, 1.807) is 6.08 Å². The molecule has 1 aliphatic heterocycles. The van der Waals surface area contributed by atoms with Crippen LogP contribution in [0.4, 0.5) is 5.69 Å². The number of hydrogen-bond donors (Lipinski definition) is 2. The third-order valence-electron chi connectivity index (χ3n) is 4.54. The highest BCUT2D eigenvalue weighted by molar-refractivity contribution is 9.10. The number of nitrogens with one attached hydrogen (secondary N) is 2. The lowest BCUT2D eigenvalue weighted by Crippen LogP contribution is -3.15. The number of benzene rings is 2. The maximum Gasteiger partial charge on any atom is 0.279 e. The molecule has 2 aromatic rings. The average molecular weight is 465 g/mol. The zero-order valence-corrected chi connectivity index (χ0v) is 17.7. The normalized spacial score (nSPS) is 16.3. The smallest absolute Gasteiger partial charge is 0.279 e. The molecule has 1 amide bonds. The van der Waals surface area contributed by atoms with Crippen molar-refractivity contribution in [2.75, 3.05) is 38.0 Å². The molecule has 0 spiro atoms. The molecule has 28 heavy (non-hydrogen) atoms. The Morgan fingerprint density at radius 2 is 1.82 bits per heavy atom. The van der Waals surface area contributed by atoms with Crippen LogP contribution < -0.4 is 10.2 Å². The molecule has 0 bridgehead atoms. The van der Waals surface area contributed by atoms with Gasteiger partial charge in [-0.15, -0.1) is 0 Å². The summed E-state index contributed by atoms with van der Waals surface area (Å²) in [6.07, 6.45) is 1.61. The van der Waals surface area contributed by atoms with Crippen LogP contribution >= 0.6 is 15.9 Å². The molecule has 0 radical (unpaired) electrons. The first-order valence-electron chi connectivity index (χ1n) is 9.05. The van der Waals surface area contributed by atoms with Crippen LogP contribution in [0.3, 0.4) is 0 Å². The Morgan fingerprint density at radius 3 is 2.50 bits per heavy atom. The molecule has 1 heterocycles. The Labute approximate surface area is 174 Å². The van der Waals surface area contributed by atoms with E-state index in [4.69, 9.17) is 0 Å². The third kappa shape index (κ3) is 6.00. The molecule has 1 fully saturated rings. The topological polar surface area (TPSA) is 70.9 Å². The average Bonchev–Trinajstić information content (AvgIpc) is 2.68. The molecule has 0 atom stereocenters. The molecule has 8 heteroatoms. The quantitative estimate of drug-likeness (QED) is 0.681. The van der Waals surface area contributed by atoms with Crippen molar-refractivity contribution < 1.29 is 18.1 Å². The molecule has 0 saturated carbocycles. The van der Waals surface area contributed by atoms with Crippen molar-refractivity contribution in [3.8, 4) is 0 Å². The Kier molecular flexibility index (Phi) is 7.01. The van der Waals surface area contributed by atoms with Crippen LogP contribution in [-0.4, -0.2) is 51.4 Å². The maximum absolute atomic E-state index is 12.5. The summed E-state index contributed by atoms with van der Waals surface area (Å²) in [5, 5.41) is 4.13. The van der Waals surface area contributed by atoms with E-state index < -0.39 is 10.0 Å². The number of piperazine rings is 1. The standard InChI is InChI=1S/C20H22BrN3O3S/c21-18-7-4-8-19(15-18)22-20(25)16-23-10-12-24(13-11-23)28(26,27)14-9-17-5-2-1-3-6-17/h1-9,14-15H,10-13,16H2,(H,22,25)/p+1/b14-9+. The molecule has 6 nitrogen and oxygen atoms in total. The molecule has 0 aliphatic carbocycles. The third-order valence-corrected chi connectivity index (χ3v) is 6.60. The minimum atomic E-state index is -3.45. The highest BCUT2D eigenvalue weighted by Gasteiger charge is 2.28. The predicted molar refractivity (Wildman–Crippen MR) is 114 cm³/mol. The number of sulfonamides is 1. The molecule has 2 N–H and O–H groups in total. The van der Waals surface area contributed by atoms with Gasteiger partial charge in [-0.05, 0) is 29.8 Å². The largest absolute Gasteiger partial charge is 0.325 e. The molecule has 3 rings (SSSR count). The highest BCUT2D eigenvalue weighted by atomic mass is 79.9. The van der Waals surface area contributed by atoms with Gasteiger partial charge in [-0.3, -0.25) is 4.79 Å².